The first-order valence-corrected chi connectivity index (χ1v) is 19.7. The third-order valence-electron chi connectivity index (χ3n) is 11.2. The quantitative estimate of drug-likeness (QED) is 0.169. The molecule has 56 heavy (non-hydrogen) atoms. The molecule has 0 aliphatic carbocycles. The maximum Gasteiger partial charge on any atom is 0.238 e. The second-order valence-corrected chi connectivity index (χ2v) is 15.4. The number of hydrogen-bond acceptors (Lipinski definition) is 4. The summed E-state index contributed by atoms with van der Waals surface area (Å²) >= 11 is 1.84. The van der Waals surface area contributed by atoms with Crippen LogP contribution in [0, 0.1) is 0 Å². The fourth-order valence-corrected chi connectivity index (χ4v) is 9.93. The molecular formula is C51H30N4S. The second kappa shape index (κ2) is 12.2. The highest BCUT2D eigenvalue weighted by Gasteiger charge is 2.22. The maximum atomic E-state index is 5.40. The van der Waals surface area contributed by atoms with E-state index >= 15 is 0 Å². The van der Waals surface area contributed by atoms with E-state index in [1.54, 1.807) is 0 Å². The molecule has 4 nitrogen and oxygen atoms in total. The average Bonchev–Trinajstić information content (AvgIpc) is 3.83. The molecule has 260 valence electrons. The molecule has 3 heterocycles. The predicted octanol–water partition coefficient (Wildman–Crippen LogP) is 13.8. The van der Waals surface area contributed by atoms with Crippen LogP contribution in [0.15, 0.2) is 182 Å². The number of para-hydroxylation sites is 2. The van der Waals surface area contributed by atoms with Gasteiger partial charge in [-0.3, -0.25) is 4.57 Å². The normalized spacial score (nSPS) is 11.9. The molecule has 0 atom stereocenters. The highest BCUT2D eigenvalue weighted by atomic mass is 32.1. The zero-order chi connectivity index (χ0) is 36.7. The largest absolute Gasteiger partial charge is 0.277 e. The Labute approximate surface area is 325 Å². The van der Waals surface area contributed by atoms with Crippen LogP contribution in [0.1, 0.15) is 0 Å². The van der Waals surface area contributed by atoms with Crippen LogP contribution in [0.3, 0.4) is 0 Å². The van der Waals surface area contributed by atoms with Crippen molar-refractivity contribution in [2.24, 2.45) is 0 Å². The summed E-state index contributed by atoms with van der Waals surface area (Å²) in [6.07, 6.45) is 0. The van der Waals surface area contributed by atoms with Gasteiger partial charge in [0.1, 0.15) is 0 Å². The lowest BCUT2D eigenvalue weighted by Gasteiger charge is -2.14. The van der Waals surface area contributed by atoms with Crippen LogP contribution < -0.4 is 0 Å². The topological polar surface area (TPSA) is 43.6 Å². The van der Waals surface area contributed by atoms with Crippen molar-refractivity contribution in [3.05, 3.63) is 182 Å². The standard InChI is InChI=1S/C51H30N4S/c1-2-14-31(15-3-1)49-52-50(32-28-29-37-35-18-5-4-16-33(35)34-17-6-7-19-36(34)43(37)30-32)54-51(53-49)55-44-25-10-8-20-38(44)40-23-12-24-41(48(40)55)39-22-13-27-46-47(39)42-21-9-11-26-45(42)56-46/h1-30H. The molecule has 3 aromatic heterocycles. The fraction of sp³-hybridized carbons (Fsp3) is 0. The average molecular weight is 731 g/mol. The van der Waals surface area contributed by atoms with Crippen molar-refractivity contribution in [1.29, 1.82) is 0 Å². The molecule has 9 aromatic carbocycles. The van der Waals surface area contributed by atoms with Crippen molar-refractivity contribution in [2.45, 2.75) is 0 Å². The van der Waals surface area contributed by atoms with Gasteiger partial charge in [-0.2, -0.15) is 9.97 Å². The molecule has 12 rings (SSSR count). The molecule has 0 amide bonds. The molecule has 12 aromatic rings. The van der Waals surface area contributed by atoms with E-state index in [1.807, 2.05) is 29.5 Å². The molecule has 0 aliphatic heterocycles. The third-order valence-corrected chi connectivity index (χ3v) is 12.4. The number of benzene rings is 9. The van der Waals surface area contributed by atoms with Gasteiger partial charge in [-0.25, -0.2) is 4.98 Å². The number of fused-ring (bicyclic) bond motifs is 12. The van der Waals surface area contributed by atoms with Gasteiger partial charge in [-0.1, -0.05) is 158 Å². The van der Waals surface area contributed by atoms with Crippen molar-refractivity contribution >= 4 is 85.6 Å². The van der Waals surface area contributed by atoms with E-state index in [-0.39, 0.29) is 0 Å². The third kappa shape index (κ3) is 4.62. The lowest BCUT2D eigenvalue weighted by atomic mass is 9.93. The zero-order valence-corrected chi connectivity index (χ0v) is 30.8. The number of thiophene rings is 1. The molecular weight excluding hydrogens is 701 g/mol. The fourth-order valence-electron chi connectivity index (χ4n) is 8.80. The van der Waals surface area contributed by atoms with Crippen LogP contribution >= 0.6 is 11.3 Å². The summed E-state index contributed by atoms with van der Waals surface area (Å²) in [4.78, 5) is 15.9. The minimum absolute atomic E-state index is 0.582. The summed E-state index contributed by atoms with van der Waals surface area (Å²) < 4.78 is 4.82. The number of hydrogen-bond donors (Lipinski definition) is 0. The van der Waals surface area contributed by atoms with Gasteiger partial charge < -0.3 is 0 Å². The van der Waals surface area contributed by atoms with Crippen LogP contribution in [0.5, 0.6) is 0 Å². The predicted molar refractivity (Wildman–Crippen MR) is 236 cm³/mol. The van der Waals surface area contributed by atoms with E-state index in [9.17, 15) is 0 Å². The van der Waals surface area contributed by atoms with Crippen molar-refractivity contribution in [3.8, 4) is 39.9 Å². The summed E-state index contributed by atoms with van der Waals surface area (Å²) in [5, 5.41) is 12.2. The Morgan fingerprint density at radius 2 is 0.911 bits per heavy atom. The number of rotatable bonds is 4. The summed E-state index contributed by atoms with van der Waals surface area (Å²) in [5.41, 5.74) is 6.33. The molecule has 0 radical (unpaired) electrons. The highest BCUT2D eigenvalue weighted by molar-refractivity contribution is 7.25. The van der Waals surface area contributed by atoms with Gasteiger partial charge in [0.2, 0.25) is 5.95 Å². The van der Waals surface area contributed by atoms with Crippen molar-refractivity contribution < 1.29 is 0 Å². The first-order chi connectivity index (χ1) is 27.8. The SMILES string of the molecule is c1ccc(-c2nc(-c3ccc4c5ccccc5c5ccccc5c4c3)nc(-n3c4ccccc4c4cccc(-c5cccc6sc7ccccc7c56)c43)n2)cc1. The van der Waals surface area contributed by atoms with E-state index in [2.05, 4.69) is 168 Å². The van der Waals surface area contributed by atoms with Crippen LogP contribution in [-0.4, -0.2) is 19.5 Å². The van der Waals surface area contributed by atoms with Crippen molar-refractivity contribution in [2.75, 3.05) is 0 Å². The zero-order valence-electron chi connectivity index (χ0n) is 30.0. The Kier molecular flexibility index (Phi) is 6.76. The van der Waals surface area contributed by atoms with Crippen LogP contribution in [0.25, 0.3) is 114 Å². The molecule has 0 bridgehead atoms. The molecule has 0 aliphatic rings. The van der Waals surface area contributed by atoms with E-state index < -0.39 is 0 Å². The summed E-state index contributed by atoms with van der Waals surface area (Å²) in [6.45, 7) is 0. The molecule has 0 N–H and O–H groups in total. The lowest BCUT2D eigenvalue weighted by molar-refractivity contribution is 0.954. The van der Waals surface area contributed by atoms with Gasteiger partial charge in [0.05, 0.1) is 11.0 Å². The maximum absolute atomic E-state index is 5.40. The molecule has 0 spiro atoms. The van der Waals surface area contributed by atoms with E-state index in [4.69, 9.17) is 15.0 Å². The first kappa shape index (κ1) is 31.2. The minimum Gasteiger partial charge on any atom is -0.277 e. The lowest BCUT2D eigenvalue weighted by Crippen LogP contribution is -2.07. The summed E-state index contributed by atoms with van der Waals surface area (Å²) in [7, 11) is 0. The Hall–Kier alpha value is -7.21. The Morgan fingerprint density at radius 3 is 1.68 bits per heavy atom. The van der Waals surface area contributed by atoms with E-state index in [0.29, 0.717) is 17.6 Å². The Bertz CT molecular complexity index is 3510. The van der Waals surface area contributed by atoms with Gasteiger partial charge in [0.25, 0.3) is 0 Å². The molecule has 0 saturated heterocycles. The Morgan fingerprint density at radius 1 is 0.357 bits per heavy atom. The van der Waals surface area contributed by atoms with Gasteiger partial charge in [0.15, 0.2) is 11.6 Å². The molecule has 0 unspecified atom stereocenters. The summed E-state index contributed by atoms with van der Waals surface area (Å²) in [5.74, 6) is 1.84. The number of nitrogens with zero attached hydrogens (tertiary/aromatic N) is 4. The van der Waals surface area contributed by atoms with Crippen LogP contribution in [-0.2, 0) is 0 Å². The number of aromatic nitrogens is 4. The van der Waals surface area contributed by atoms with Crippen LogP contribution in [0.2, 0.25) is 0 Å². The Balaban J connectivity index is 1.17. The first-order valence-electron chi connectivity index (χ1n) is 18.9. The molecule has 0 fully saturated rings. The van der Waals surface area contributed by atoms with Crippen LogP contribution in [0.4, 0.5) is 0 Å². The summed E-state index contributed by atoms with van der Waals surface area (Å²) in [6, 6.07) is 64.9. The van der Waals surface area contributed by atoms with Crippen molar-refractivity contribution in [3.63, 3.8) is 0 Å². The van der Waals surface area contributed by atoms with Gasteiger partial charge in [0, 0.05) is 47.6 Å². The molecule has 5 heteroatoms. The molecule has 0 saturated carbocycles. The monoisotopic (exact) mass is 730 g/mol. The van der Waals surface area contributed by atoms with Crippen molar-refractivity contribution in [1.82, 2.24) is 19.5 Å². The van der Waals surface area contributed by atoms with Gasteiger partial charge >= 0.3 is 0 Å². The highest BCUT2D eigenvalue weighted by Crippen LogP contribution is 2.44. The van der Waals surface area contributed by atoms with Gasteiger partial charge in [-0.15, -0.1) is 11.3 Å². The van der Waals surface area contributed by atoms with Gasteiger partial charge in [-0.05, 0) is 62.1 Å². The van der Waals surface area contributed by atoms with E-state index in [0.717, 1.165) is 38.5 Å². The van der Waals surface area contributed by atoms with E-state index in [1.165, 1.54) is 58.1 Å². The second-order valence-electron chi connectivity index (χ2n) is 14.3. The smallest absolute Gasteiger partial charge is 0.238 e. The minimum atomic E-state index is 0.582.